The predicted molar refractivity (Wildman–Crippen MR) is 74.9 cm³/mol. The van der Waals surface area contributed by atoms with Gasteiger partial charge in [-0.25, -0.2) is 4.79 Å². The number of rotatable bonds is 3. The molecule has 6 nitrogen and oxygen atoms in total. The van der Waals surface area contributed by atoms with Crippen LogP contribution in [0.4, 0.5) is 10.5 Å². The first-order valence-corrected chi connectivity index (χ1v) is 5.84. The molecule has 0 spiro atoms. The number of hydrogen-bond acceptors (Lipinski definition) is 3. The lowest BCUT2D eigenvalue weighted by Crippen LogP contribution is -2.44. The zero-order valence-corrected chi connectivity index (χ0v) is 11.4. The standard InChI is InChI=1S/C12H18N2O.CH3NO2/c1-9(2)11(13)12(15)14(3)10-7-5-4-6-8-10;2-1(3)4/h4-9,11H,13H2,1-3H3;2H2,(H,3,4). The Balaban J connectivity index is 0.000000711. The van der Waals surface area contributed by atoms with Gasteiger partial charge in [-0.15, -0.1) is 0 Å². The Hall–Kier alpha value is -2.08. The molecule has 5 N–H and O–H groups in total. The highest BCUT2D eigenvalue weighted by molar-refractivity contribution is 5.96. The molecule has 1 aromatic carbocycles. The fourth-order valence-corrected chi connectivity index (χ4v) is 1.29. The maximum absolute atomic E-state index is 11.9. The van der Waals surface area contributed by atoms with Gasteiger partial charge in [0, 0.05) is 12.7 Å². The van der Waals surface area contributed by atoms with Crippen LogP contribution < -0.4 is 16.4 Å². The molecule has 6 heteroatoms. The van der Waals surface area contributed by atoms with Crippen molar-refractivity contribution in [2.75, 3.05) is 11.9 Å². The summed E-state index contributed by atoms with van der Waals surface area (Å²) >= 11 is 0. The molecule has 0 saturated carbocycles. The van der Waals surface area contributed by atoms with Crippen molar-refractivity contribution in [3.63, 3.8) is 0 Å². The number of carbonyl (C=O) groups excluding carboxylic acids is 1. The van der Waals surface area contributed by atoms with Crippen molar-refractivity contribution in [2.45, 2.75) is 19.9 Å². The summed E-state index contributed by atoms with van der Waals surface area (Å²) in [7, 11) is 1.75. The van der Waals surface area contributed by atoms with E-state index in [0.717, 1.165) is 5.69 Å². The van der Waals surface area contributed by atoms with Crippen molar-refractivity contribution in [3.05, 3.63) is 30.3 Å². The number of benzene rings is 1. The number of likely N-dealkylation sites (N-methyl/N-ethyl adjacent to an activating group) is 1. The zero-order valence-electron chi connectivity index (χ0n) is 11.4. The van der Waals surface area contributed by atoms with Gasteiger partial charge in [0.25, 0.3) is 0 Å². The molecule has 106 valence electrons. The number of nitrogens with zero attached hydrogens (tertiary/aromatic N) is 1. The fourth-order valence-electron chi connectivity index (χ4n) is 1.29. The van der Waals surface area contributed by atoms with Crippen LogP contribution in [0.5, 0.6) is 0 Å². The lowest BCUT2D eigenvalue weighted by atomic mass is 10.0. The molecule has 19 heavy (non-hydrogen) atoms. The Morgan fingerprint density at radius 2 is 1.63 bits per heavy atom. The second kappa shape index (κ2) is 8.10. The summed E-state index contributed by atoms with van der Waals surface area (Å²) in [5.41, 5.74) is 10.7. The number of hydrogen-bond donors (Lipinski definition) is 3. The fraction of sp³-hybridized carbons (Fsp3) is 0.385. The molecule has 0 aliphatic rings. The minimum absolute atomic E-state index is 0.0452. The van der Waals surface area contributed by atoms with Crippen molar-refractivity contribution in [2.24, 2.45) is 17.4 Å². The minimum Gasteiger partial charge on any atom is -0.465 e. The Labute approximate surface area is 113 Å². The van der Waals surface area contributed by atoms with Gasteiger partial charge in [-0.3, -0.25) is 4.79 Å². The molecule has 1 rings (SSSR count). The summed E-state index contributed by atoms with van der Waals surface area (Å²) < 4.78 is 0. The van der Waals surface area contributed by atoms with E-state index < -0.39 is 12.1 Å². The van der Waals surface area contributed by atoms with Crippen LogP contribution in [0.3, 0.4) is 0 Å². The summed E-state index contributed by atoms with van der Waals surface area (Å²) in [6, 6.07) is 9.08. The van der Waals surface area contributed by atoms with Gasteiger partial charge < -0.3 is 21.5 Å². The summed E-state index contributed by atoms with van der Waals surface area (Å²) in [4.78, 5) is 22.3. The third-order valence-corrected chi connectivity index (χ3v) is 2.48. The van der Waals surface area contributed by atoms with Crippen molar-refractivity contribution < 1.29 is 14.7 Å². The second-order valence-electron chi connectivity index (χ2n) is 4.34. The summed E-state index contributed by atoms with van der Waals surface area (Å²) in [5.74, 6) is 0.111. The lowest BCUT2D eigenvalue weighted by Gasteiger charge is -2.23. The van der Waals surface area contributed by atoms with Crippen LogP contribution in [0.2, 0.25) is 0 Å². The minimum atomic E-state index is -1.33. The van der Waals surface area contributed by atoms with Gasteiger partial charge in [0.05, 0.1) is 6.04 Å². The molecule has 0 aliphatic carbocycles. The molecular weight excluding hydrogens is 246 g/mol. The molecule has 0 saturated heterocycles. The van der Waals surface area contributed by atoms with Crippen molar-refractivity contribution in [1.82, 2.24) is 0 Å². The summed E-state index contributed by atoms with van der Waals surface area (Å²) in [5, 5.41) is 7.19. The smallest absolute Gasteiger partial charge is 0.402 e. The van der Waals surface area contributed by atoms with Gasteiger partial charge in [0.15, 0.2) is 0 Å². The van der Waals surface area contributed by atoms with E-state index >= 15 is 0 Å². The van der Waals surface area contributed by atoms with Crippen LogP contribution in [0.15, 0.2) is 30.3 Å². The second-order valence-corrected chi connectivity index (χ2v) is 4.34. The Morgan fingerprint density at radius 3 is 2.00 bits per heavy atom. The van der Waals surface area contributed by atoms with Gasteiger partial charge >= 0.3 is 6.09 Å². The quantitative estimate of drug-likeness (QED) is 0.765. The van der Waals surface area contributed by atoms with Crippen LogP contribution in [-0.4, -0.2) is 30.2 Å². The SMILES string of the molecule is CC(C)C(N)C(=O)N(C)c1ccccc1.NC(=O)O. The first kappa shape index (κ1) is 16.9. The summed E-state index contributed by atoms with van der Waals surface area (Å²) in [6.45, 7) is 3.89. The highest BCUT2D eigenvalue weighted by atomic mass is 16.4. The molecule has 1 atom stereocenters. The van der Waals surface area contributed by atoms with Crippen LogP contribution in [0.1, 0.15) is 13.8 Å². The topological polar surface area (TPSA) is 110 Å². The van der Waals surface area contributed by atoms with E-state index in [1.165, 1.54) is 0 Å². The van der Waals surface area contributed by atoms with Crippen LogP contribution in [0.25, 0.3) is 0 Å². The lowest BCUT2D eigenvalue weighted by molar-refractivity contribution is -0.120. The van der Waals surface area contributed by atoms with Crippen LogP contribution in [0, 0.1) is 5.92 Å². The Kier molecular flexibility index (Phi) is 7.21. The van der Waals surface area contributed by atoms with Crippen LogP contribution >= 0.6 is 0 Å². The number of carbonyl (C=O) groups is 2. The number of anilines is 1. The monoisotopic (exact) mass is 267 g/mol. The van der Waals surface area contributed by atoms with E-state index in [2.05, 4.69) is 5.73 Å². The normalized spacial score (nSPS) is 11.2. The molecule has 0 fully saturated rings. The molecule has 0 aliphatic heterocycles. The van der Waals surface area contributed by atoms with Gasteiger partial charge in [0.1, 0.15) is 0 Å². The average molecular weight is 267 g/mol. The third kappa shape index (κ3) is 6.42. The van der Waals surface area contributed by atoms with E-state index in [9.17, 15) is 4.79 Å². The highest BCUT2D eigenvalue weighted by Crippen LogP contribution is 2.13. The van der Waals surface area contributed by atoms with E-state index in [1.807, 2.05) is 44.2 Å². The molecule has 0 aromatic heterocycles. The summed E-state index contributed by atoms with van der Waals surface area (Å²) in [6.07, 6.45) is -1.33. The number of para-hydroxylation sites is 1. The zero-order chi connectivity index (χ0) is 15.0. The van der Waals surface area contributed by atoms with Crippen molar-refractivity contribution in [3.8, 4) is 0 Å². The number of nitrogens with two attached hydrogens (primary N) is 2. The van der Waals surface area contributed by atoms with Gasteiger partial charge in [-0.05, 0) is 18.1 Å². The van der Waals surface area contributed by atoms with E-state index in [1.54, 1.807) is 11.9 Å². The Morgan fingerprint density at radius 1 is 1.21 bits per heavy atom. The average Bonchev–Trinajstić information content (AvgIpc) is 2.36. The first-order valence-electron chi connectivity index (χ1n) is 5.84. The Bertz CT molecular complexity index is 403. The third-order valence-electron chi connectivity index (χ3n) is 2.48. The number of amides is 2. The van der Waals surface area contributed by atoms with Crippen LogP contribution in [-0.2, 0) is 4.79 Å². The molecule has 2 amide bonds. The van der Waals surface area contributed by atoms with E-state index in [-0.39, 0.29) is 11.8 Å². The van der Waals surface area contributed by atoms with E-state index in [0.29, 0.717) is 0 Å². The van der Waals surface area contributed by atoms with Crippen molar-refractivity contribution in [1.29, 1.82) is 0 Å². The maximum Gasteiger partial charge on any atom is 0.402 e. The van der Waals surface area contributed by atoms with Gasteiger partial charge in [-0.1, -0.05) is 32.0 Å². The molecular formula is C13H21N3O3. The maximum atomic E-state index is 11.9. The number of carboxylic acid groups (broad SMARTS) is 1. The molecule has 0 heterocycles. The largest absolute Gasteiger partial charge is 0.465 e. The molecule has 0 bridgehead atoms. The molecule has 0 radical (unpaired) electrons. The van der Waals surface area contributed by atoms with Crippen molar-refractivity contribution >= 4 is 17.7 Å². The van der Waals surface area contributed by atoms with Gasteiger partial charge in [0.2, 0.25) is 5.91 Å². The molecule has 1 aromatic rings. The van der Waals surface area contributed by atoms with Gasteiger partial charge in [-0.2, -0.15) is 0 Å². The number of primary amides is 1. The predicted octanol–water partition coefficient (Wildman–Crippen LogP) is 1.26. The highest BCUT2D eigenvalue weighted by Gasteiger charge is 2.21. The molecule has 1 unspecified atom stereocenters. The van der Waals surface area contributed by atoms with E-state index in [4.69, 9.17) is 15.6 Å². The first-order chi connectivity index (χ1) is 8.77.